The molecular weight excluding hydrogens is 186 g/mol. The lowest BCUT2D eigenvalue weighted by atomic mass is 10.3. The van der Waals surface area contributed by atoms with E-state index in [9.17, 15) is 0 Å². The Morgan fingerprint density at radius 2 is 1.80 bits per heavy atom. The van der Waals surface area contributed by atoms with E-state index < -0.39 is 0 Å². The second-order valence-electron chi connectivity index (χ2n) is 3.56. The molecule has 2 aromatic rings. The molecule has 0 amide bonds. The Labute approximate surface area is 90.8 Å². The van der Waals surface area contributed by atoms with Gasteiger partial charge in [0.15, 0.2) is 0 Å². The molecule has 0 radical (unpaired) electrons. The van der Waals surface area contributed by atoms with Crippen LogP contribution >= 0.6 is 0 Å². The molecule has 0 spiro atoms. The molecule has 2 heterocycles. The Bertz CT molecular complexity index is 385. The highest BCUT2D eigenvalue weighted by Gasteiger charge is 1.83. The average molecular weight is 203 g/mol. The number of nitrogens with zero attached hydrogens (tertiary/aromatic N) is 3. The summed E-state index contributed by atoms with van der Waals surface area (Å²) < 4.78 is 1.97. The average Bonchev–Trinajstić information content (AvgIpc) is 2.51. The predicted octanol–water partition coefficient (Wildman–Crippen LogP) is 2.43. The zero-order valence-corrected chi connectivity index (χ0v) is 9.73. The van der Waals surface area contributed by atoms with Crippen LogP contribution in [0.2, 0.25) is 0 Å². The van der Waals surface area contributed by atoms with Crippen LogP contribution in [0.15, 0.2) is 30.7 Å². The first-order chi connectivity index (χ1) is 7.09. The van der Waals surface area contributed by atoms with Gasteiger partial charge in [-0.05, 0) is 38.5 Å². The number of aryl methyl sites for hydroxylation is 4. The number of rotatable bonds is 0. The molecule has 0 saturated carbocycles. The molecule has 0 unspecified atom stereocenters. The number of aromatic nitrogens is 3. The van der Waals surface area contributed by atoms with Gasteiger partial charge in [0, 0.05) is 31.3 Å². The molecule has 15 heavy (non-hydrogen) atoms. The fraction of sp³-hybridized carbons (Fsp3) is 0.333. The molecule has 2 aromatic heterocycles. The van der Waals surface area contributed by atoms with E-state index in [2.05, 4.69) is 23.0 Å². The molecular formula is C12H17N3. The zero-order valence-electron chi connectivity index (χ0n) is 9.73. The van der Waals surface area contributed by atoms with Gasteiger partial charge in [-0.2, -0.15) is 0 Å². The molecule has 3 nitrogen and oxygen atoms in total. The Hall–Kier alpha value is -1.64. The number of pyridine rings is 1. The van der Waals surface area contributed by atoms with Gasteiger partial charge < -0.3 is 4.57 Å². The number of hydrogen-bond acceptors (Lipinski definition) is 2. The summed E-state index contributed by atoms with van der Waals surface area (Å²) in [6, 6.07) is 4.05. The smallest absolute Gasteiger partial charge is 0.105 e. The van der Waals surface area contributed by atoms with Crippen LogP contribution in [-0.4, -0.2) is 14.5 Å². The highest BCUT2D eigenvalue weighted by molar-refractivity contribution is 5.12. The van der Waals surface area contributed by atoms with Gasteiger partial charge in [-0.25, -0.2) is 4.98 Å². The van der Waals surface area contributed by atoms with Crippen molar-refractivity contribution in [1.29, 1.82) is 0 Å². The summed E-state index contributed by atoms with van der Waals surface area (Å²) in [4.78, 5) is 8.02. The van der Waals surface area contributed by atoms with Crippen molar-refractivity contribution < 1.29 is 0 Å². The van der Waals surface area contributed by atoms with Crippen LogP contribution in [0, 0.1) is 20.8 Å². The molecule has 80 valence electrons. The van der Waals surface area contributed by atoms with Gasteiger partial charge in [0.2, 0.25) is 0 Å². The fourth-order valence-corrected chi connectivity index (χ4v) is 1.13. The summed E-state index contributed by atoms with van der Waals surface area (Å²) >= 11 is 0. The predicted molar refractivity (Wildman–Crippen MR) is 61.7 cm³/mol. The second kappa shape index (κ2) is 5.29. The minimum atomic E-state index is 1.06. The van der Waals surface area contributed by atoms with E-state index in [1.54, 1.807) is 6.20 Å². The lowest BCUT2D eigenvalue weighted by molar-refractivity contribution is 0.858. The van der Waals surface area contributed by atoms with Crippen molar-refractivity contribution in [2.24, 2.45) is 7.05 Å². The highest BCUT2D eigenvalue weighted by Crippen LogP contribution is 1.95. The Morgan fingerprint density at radius 1 is 1.07 bits per heavy atom. The molecule has 0 bridgehead atoms. The monoisotopic (exact) mass is 203 g/mol. The first kappa shape index (κ1) is 11.4. The lowest BCUT2D eigenvalue weighted by Gasteiger charge is -1.90. The van der Waals surface area contributed by atoms with Crippen molar-refractivity contribution in [3.8, 4) is 0 Å². The standard InChI is InChI=1S/C7H9N.C5H8N2/c1-6-3-4-8-7(2)5-6;1-5-6-3-4-7(5)2/h3-5H,1-2H3;3-4H,1-2H3. The van der Waals surface area contributed by atoms with Gasteiger partial charge in [-0.1, -0.05) is 0 Å². The summed E-state index contributed by atoms with van der Waals surface area (Å²) in [5.41, 5.74) is 2.36. The summed E-state index contributed by atoms with van der Waals surface area (Å²) in [5, 5.41) is 0. The molecule has 3 heteroatoms. The molecule has 0 saturated heterocycles. The van der Waals surface area contributed by atoms with Crippen LogP contribution in [0.3, 0.4) is 0 Å². The Balaban J connectivity index is 0.000000151. The van der Waals surface area contributed by atoms with Crippen LogP contribution in [-0.2, 0) is 7.05 Å². The first-order valence-electron chi connectivity index (χ1n) is 4.93. The van der Waals surface area contributed by atoms with Gasteiger partial charge in [0.1, 0.15) is 5.82 Å². The second-order valence-corrected chi connectivity index (χ2v) is 3.56. The number of hydrogen-bond donors (Lipinski definition) is 0. The molecule has 0 aliphatic rings. The van der Waals surface area contributed by atoms with E-state index in [0.717, 1.165) is 11.5 Å². The van der Waals surface area contributed by atoms with Gasteiger partial charge in [0.25, 0.3) is 0 Å². The molecule has 0 aliphatic carbocycles. The minimum Gasteiger partial charge on any atom is -0.338 e. The van der Waals surface area contributed by atoms with Crippen LogP contribution in [0.5, 0.6) is 0 Å². The normalized spacial score (nSPS) is 9.33. The highest BCUT2D eigenvalue weighted by atomic mass is 15.0. The molecule has 0 fully saturated rings. The van der Waals surface area contributed by atoms with E-state index >= 15 is 0 Å². The van der Waals surface area contributed by atoms with Crippen molar-refractivity contribution in [3.05, 3.63) is 47.8 Å². The molecule has 0 atom stereocenters. The first-order valence-corrected chi connectivity index (χ1v) is 4.93. The molecule has 0 N–H and O–H groups in total. The summed E-state index contributed by atoms with van der Waals surface area (Å²) in [5.74, 6) is 1.06. The van der Waals surface area contributed by atoms with Crippen molar-refractivity contribution in [3.63, 3.8) is 0 Å². The third kappa shape index (κ3) is 3.94. The van der Waals surface area contributed by atoms with Crippen molar-refractivity contribution in [2.45, 2.75) is 20.8 Å². The van der Waals surface area contributed by atoms with Gasteiger partial charge in [-0.3, -0.25) is 4.98 Å². The van der Waals surface area contributed by atoms with Crippen molar-refractivity contribution >= 4 is 0 Å². The van der Waals surface area contributed by atoms with E-state index in [1.807, 2.05) is 43.9 Å². The molecule has 2 rings (SSSR count). The third-order valence-corrected chi connectivity index (χ3v) is 2.11. The maximum Gasteiger partial charge on any atom is 0.105 e. The van der Waals surface area contributed by atoms with Crippen LogP contribution < -0.4 is 0 Å². The fourth-order valence-electron chi connectivity index (χ4n) is 1.13. The summed E-state index contributed by atoms with van der Waals surface area (Å²) in [6.07, 6.45) is 5.54. The maximum absolute atomic E-state index is 4.04. The lowest BCUT2D eigenvalue weighted by Crippen LogP contribution is -1.86. The molecule has 0 aliphatic heterocycles. The van der Waals surface area contributed by atoms with E-state index in [4.69, 9.17) is 0 Å². The largest absolute Gasteiger partial charge is 0.338 e. The van der Waals surface area contributed by atoms with Crippen LogP contribution in [0.1, 0.15) is 17.1 Å². The Morgan fingerprint density at radius 3 is 2.07 bits per heavy atom. The van der Waals surface area contributed by atoms with Gasteiger partial charge >= 0.3 is 0 Å². The van der Waals surface area contributed by atoms with E-state index in [1.165, 1.54) is 5.56 Å². The summed E-state index contributed by atoms with van der Waals surface area (Å²) in [6.45, 7) is 6.03. The zero-order chi connectivity index (χ0) is 11.3. The topological polar surface area (TPSA) is 30.7 Å². The summed E-state index contributed by atoms with van der Waals surface area (Å²) in [7, 11) is 1.97. The Kier molecular flexibility index (Phi) is 4.03. The number of imidazole rings is 1. The third-order valence-electron chi connectivity index (χ3n) is 2.11. The van der Waals surface area contributed by atoms with E-state index in [0.29, 0.717) is 0 Å². The molecule has 0 aromatic carbocycles. The van der Waals surface area contributed by atoms with Crippen molar-refractivity contribution in [1.82, 2.24) is 14.5 Å². The van der Waals surface area contributed by atoms with Crippen molar-refractivity contribution in [2.75, 3.05) is 0 Å². The quantitative estimate of drug-likeness (QED) is 0.658. The maximum atomic E-state index is 4.04. The van der Waals surface area contributed by atoms with E-state index in [-0.39, 0.29) is 0 Å². The van der Waals surface area contributed by atoms with Crippen LogP contribution in [0.25, 0.3) is 0 Å². The van der Waals surface area contributed by atoms with Gasteiger partial charge in [-0.15, -0.1) is 0 Å². The minimum absolute atomic E-state index is 1.06. The van der Waals surface area contributed by atoms with Gasteiger partial charge in [0.05, 0.1) is 0 Å². The van der Waals surface area contributed by atoms with Crippen LogP contribution in [0.4, 0.5) is 0 Å². The SMILES string of the molecule is Cc1ccnc(C)c1.Cc1nccn1C.